The van der Waals surface area contributed by atoms with Gasteiger partial charge in [0.15, 0.2) is 29.6 Å². The van der Waals surface area contributed by atoms with E-state index in [4.69, 9.17) is 24.7 Å². The molecule has 1 aliphatic heterocycles. The predicted octanol–water partition coefficient (Wildman–Crippen LogP) is 2.91. The number of benzene rings is 3. The van der Waals surface area contributed by atoms with Crippen molar-refractivity contribution in [1.82, 2.24) is 19.5 Å². The molecular formula is C31H25N5O8. The van der Waals surface area contributed by atoms with Gasteiger partial charge in [-0.25, -0.2) is 19.4 Å². The number of carbonyl (C=O) groups is 3. The molecule has 4 atom stereocenters. The van der Waals surface area contributed by atoms with Crippen LogP contribution in [-0.4, -0.2) is 62.3 Å². The molecule has 1 aliphatic rings. The second-order valence-electron chi connectivity index (χ2n) is 9.78. The quantitative estimate of drug-likeness (QED) is 0.199. The first-order valence-corrected chi connectivity index (χ1v) is 13.5. The van der Waals surface area contributed by atoms with E-state index < -0.39 is 48.0 Å². The zero-order chi connectivity index (χ0) is 30.6. The van der Waals surface area contributed by atoms with Gasteiger partial charge in [-0.05, 0) is 36.4 Å². The first-order valence-electron chi connectivity index (χ1n) is 13.5. The van der Waals surface area contributed by atoms with Crippen molar-refractivity contribution in [3.8, 4) is 0 Å². The average molecular weight is 596 g/mol. The average Bonchev–Trinajstić information content (AvgIpc) is 3.62. The van der Waals surface area contributed by atoms with E-state index in [0.717, 1.165) is 0 Å². The van der Waals surface area contributed by atoms with Gasteiger partial charge in [-0.2, -0.15) is 4.98 Å². The van der Waals surface area contributed by atoms with Gasteiger partial charge in [0.2, 0.25) is 5.95 Å². The van der Waals surface area contributed by atoms with Crippen LogP contribution in [0.5, 0.6) is 0 Å². The number of carbonyl (C=O) groups excluding carboxylic acids is 3. The molecule has 13 nitrogen and oxygen atoms in total. The van der Waals surface area contributed by atoms with Crippen LogP contribution < -0.4 is 11.3 Å². The van der Waals surface area contributed by atoms with Gasteiger partial charge in [-0.15, -0.1) is 0 Å². The molecule has 0 bridgehead atoms. The second-order valence-corrected chi connectivity index (χ2v) is 9.78. The first kappa shape index (κ1) is 28.3. The van der Waals surface area contributed by atoms with E-state index in [1.807, 2.05) is 0 Å². The van der Waals surface area contributed by atoms with Crippen LogP contribution >= 0.6 is 0 Å². The Hall–Kier alpha value is -5.82. The maximum Gasteiger partial charge on any atom is 0.338 e. The monoisotopic (exact) mass is 595 g/mol. The highest BCUT2D eigenvalue weighted by Gasteiger charge is 2.52. The Morgan fingerprint density at radius 2 is 1.32 bits per heavy atom. The molecule has 1 saturated heterocycles. The normalized spacial score (nSPS) is 19.4. The summed E-state index contributed by atoms with van der Waals surface area (Å²) in [6, 6.07) is 24.7. The van der Waals surface area contributed by atoms with Crippen molar-refractivity contribution >= 4 is 35.0 Å². The highest BCUT2D eigenvalue weighted by atomic mass is 16.7. The molecule has 5 aromatic rings. The number of fused-ring (bicyclic) bond motifs is 1. The molecule has 1 unspecified atom stereocenters. The smallest absolute Gasteiger partial charge is 0.338 e. The number of anilines is 1. The number of hydrogen-bond acceptors (Lipinski definition) is 11. The summed E-state index contributed by atoms with van der Waals surface area (Å²) in [5, 5.41) is 0. The van der Waals surface area contributed by atoms with Crippen LogP contribution in [0, 0.1) is 0 Å². The number of nitrogen functional groups attached to an aromatic ring is 1. The van der Waals surface area contributed by atoms with Crippen LogP contribution in [0.4, 0.5) is 5.95 Å². The van der Waals surface area contributed by atoms with Gasteiger partial charge in [0.25, 0.3) is 5.56 Å². The van der Waals surface area contributed by atoms with Gasteiger partial charge in [-0.1, -0.05) is 54.6 Å². The lowest BCUT2D eigenvalue weighted by atomic mass is 10.1. The fourth-order valence-electron chi connectivity index (χ4n) is 4.81. The number of esters is 3. The summed E-state index contributed by atoms with van der Waals surface area (Å²) in [7, 11) is 0. The Bertz CT molecular complexity index is 1860. The number of aromatic nitrogens is 4. The molecule has 3 aromatic carbocycles. The summed E-state index contributed by atoms with van der Waals surface area (Å²) in [6.07, 6.45) is -3.66. The lowest BCUT2D eigenvalue weighted by molar-refractivity contribution is -0.0606. The van der Waals surface area contributed by atoms with Crippen molar-refractivity contribution in [2.24, 2.45) is 0 Å². The summed E-state index contributed by atoms with van der Waals surface area (Å²) < 4.78 is 25.0. The maximum atomic E-state index is 13.3. The molecule has 3 heterocycles. The van der Waals surface area contributed by atoms with Gasteiger partial charge in [0, 0.05) is 0 Å². The zero-order valence-electron chi connectivity index (χ0n) is 22.9. The number of imidazole rings is 1. The number of H-pyrrole nitrogens is 1. The minimum atomic E-state index is -1.31. The predicted molar refractivity (Wildman–Crippen MR) is 154 cm³/mol. The van der Waals surface area contributed by atoms with E-state index in [2.05, 4.69) is 15.0 Å². The molecular weight excluding hydrogens is 570 g/mol. The number of hydrogen-bond donors (Lipinski definition) is 2. The minimum absolute atomic E-state index is 0.0343. The second kappa shape index (κ2) is 12.2. The summed E-state index contributed by atoms with van der Waals surface area (Å²) in [5.41, 5.74) is 5.96. The van der Waals surface area contributed by atoms with E-state index in [9.17, 15) is 19.2 Å². The highest BCUT2D eigenvalue weighted by molar-refractivity contribution is 5.91. The largest absolute Gasteiger partial charge is 0.459 e. The summed E-state index contributed by atoms with van der Waals surface area (Å²) >= 11 is 0. The Kier molecular flexibility index (Phi) is 7.84. The molecule has 0 aliphatic carbocycles. The lowest BCUT2D eigenvalue weighted by Gasteiger charge is -2.25. The zero-order valence-corrected chi connectivity index (χ0v) is 22.9. The van der Waals surface area contributed by atoms with Gasteiger partial charge >= 0.3 is 17.9 Å². The van der Waals surface area contributed by atoms with E-state index in [1.54, 1.807) is 91.0 Å². The van der Waals surface area contributed by atoms with Crippen LogP contribution in [0.1, 0.15) is 37.3 Å². The van der Waals surface area contributed by atoms with E-state index >= 15 is 0 Å². The molecule has 1 fully saturated rings. The Balaban J connectivity index is 1.39. The molecule has 0 spiro atoms. The fourth-order valence-corrected chi connectivity index (χ4v) is 4.81. The van der Waals surface area contributed by atoms with Crippen LogP contribution in [0.15, 0.2) is 102 Å². The SMILES string of the molecule is Nc1nc2c(ncn2C2O[C@H](COC(=O)c3ccccc3)[C@H](OC(=O)c3ccccc3)[C@@H]2OC(=O)c2ccccc2)c(=O)[nH]1. The number of nitrogens with two attached hydrogens (primary N) is 1. The molecule has 222 valence electrons. The standard InChI is InChI=1S/C31H25N5O8/c32-31-34-25-22(26(37)35-31)33-17-36(25)27-24(44-30(40)20-14-8-3-9-15-20)23(43-29(39)19-12-6-2-7-13-19)21(42-27)16-41-28(38)18-10-4-1-5-11-18/h1-15,17,21,23-24,27H,16H2,(H3,32,34,35,37)/t21-,23+,24+,27?/m1/s1. The summed E-state index contributed by atoms with van der Waals surface area (Å²) in [5.74, 6) is -2.28. The van der Waals surface area contributed by atoms with Crippen molar-refractivity contribution in [3.05, 3.63) is 124 Å². The lowest BCUT2D eigenvalue weighted by Crippen LogP contribution is -2.41. The minimum Gasteiger partial charge on any atom is -0.459 e. The number of aromatic amines is 1. The number of nitrogens with one attached hydrogen (secondary N) is 1. The molecule has 0 saturated carbocycles. The summed E-state index contributed by atoms with van der Waals surface area (Å²) in [6.45, 7) is -0.376. The number of ether oxygens (including phenoxy) is 4. The van der Waals surface area contributed by atoms with E-state index in [1.165, 1.54) is 10.9 Å². The molecule has 13 heteroatoms. The number of rotatable bonds is 8. The maximum absolute atomic E-state index is 13.3. The molecule has 3 N–H and O–H groups in total. The van der Waals surface area contributed by atoms with Crippen LogP contribution in [0.2, 0.25) is 0 Å². The van der Waals surface area contributed by atoms with Gasteiger partial charge in [0.1, 0.15) is 12.7 Å². The van der Waals surface area contributed by atoms with Crippen molar-refractivity contribution in [2.45, 2.75) is 24.5 Å². The first-order chi connectivity index (χ1) is 21.4. The van der Waals surface area contributed by atoms with E-state index in [0.29, 0.717) is 5.56 Å². The van der Waals surface area contributed by atoms with Gasteiger partial charge < -0.3 is 24.7 Å². The van der Waals surface area contributed by atoms with Crippen molar-refractivity contribution < 1.29 is 33.3 Å². The van der Waals surface area contributed by atoms with Crippen LogP contribution in [0.25, 0.3) is 11.2 Å². The molecule has 0 radical (unpaired) electrons. The van der Waals surface area contributed by atoms with Crippen molar-refractivity contribution in [3.63, 3.8) is 0 Å². The topological polar surface area (TPSA) is 178 Å². The highest BCUT2D eigenvalue weighted by Crippen LogP contribution is 2.36. The Labute approximate surface area is 249 Å². The fraction of sp³-hybridized carbons (Fsp3) is 0.161. The molecule has 44 heavy (non-hydrogen) atoms. The Morgan fingerprint density at radius 3 is 1.89 bits per heavy atom. The van der Waals surface area contributed by atoms with Crippen LogP contribution in [0.3, 0.4) is 0 Å². The number of nitrogens with zero attached hydrogens (tertiary/aromatic N) is 3. The molecule has 6 rings (SSSR count). The third kappa shape index (κ3) is 5.76. The van der Waals surface area contributed by atoms with E-state index in [-0.39, 0.29) is 34.8 Å². The summed E-state index contributed by atoms with van der Waals surface area (Å²) in [4.78, 5) is 62.6. The molecule has 2 aromatic heterocycles. The third-order valence-corrected chi connectivity index (χ3v) is 6.90. The van der Waals surface area contributed by atoms with Gasteiger partial charge in [-0.3, -0.25) is 14.3 Å². The van der Waals surface area contributed by atoms with Crippen LogP contribution in [-0.2, 0) is 18.9 Å². The van der Waals surface area contributed by atoms with Gasteiger partial charge in [0.05, 0.1) is 23.0 Å². The van der Waals surface area contributed by atoms with Crippen molar-refractivity contribution in [1.29, 1.82) is 0 Å². The third-order valence-electron chi connectivity index (χ3n) is 6.90. The van der Waals surface area contributed by atoms with Crippen molar-refractivity contribution in [2.75, 3.05) is 12.3 Å². The Morgan fingerprint density at radius 1 is 0.795 bits per heavy atom. The molecule has 0 amide bonds.